The standard InChI is InChI=1S/C20H24N2O3/c1-3-17-9-11-18(12-10-17)22(16(2)23)14-13-21-20(24)15-25-19-7-5-4-6-8-19/h4-12H,3,13-15H2,1-2H3,(H,21,24). The van der Waals surface area contributed by atoms with Crippen molar-refractivity contribution in [3.05, 3.63) is 60.2 Å². The van der Waals surface area contributed by atoms with Crippen LogP contribution < -0.4 is 15.0 Å². The third kappa shape index (κ3) is 5.95. The smallest absolute Gasteiger partial charge is 0.258 e. The van der Waals surface area contributed by atoms with Gasteiger partial charge >= 0.3 is 0 Å². The molecular weight excluding hydrogens is 316 g/mol. The average Bonchev–Trinajstić information content (AvgIpc) is 2.64. The molecule has 2 aromatic carbocycles. The van der Waals surface area contributed by atoms with Gasteiger partial charge in [0.15, 0.2) is 6.61 Å². The summed E-state index contributed by atoms with van der Waals surface area (Å²) in [6.45, 7) is 4.35. The Morgan fingerprint density at radius 2 is 1.72 bits per heavy atom. The first-order chi connectivity index (χ1) is 12.1. The third-order valence-electron chi connectivity index (χ3n) is 3.81. The second-order valence-electron chi connectivity index (χ2n) is 5.64. The third-order valence-corrected chi connectivity index (χ3v) is 3.81. The Bertz CT molecular complexity index is 684. The number of carbonyl (C=O) groups excluding carboxylic acids is 2. The lowest BCUT2D eigenvalue weighted by Crippen LogP contribution is -2.39. The summed E-state index contributed by atoms with van der Waals surface area (Å²) in [5, 5.41) is 2.77. The van der Waals surface area contributed by atoms with Gasteiger partial charge in [-0.1, -0.05) is 37.3 Å². The average molecular weight is 340 g/mol. The Kier molecular flexibility index (Phi) is 7.01. The Hall–Kier alpha value is -2.82. The van der Waals surface area contributed by atoms with Gasteiger partial charge in [-0.05, 0) is 36.2 Å². The molecule has 5 nitrogen and oxygen atoms in total. The molecule has 2 amide bonds. The van der Waals surface area contributed by atoms with Gasteiger partial charge in [0.1, 0.15) is 5.75 Å². The van der Waals surface area contributed by atoms with E-state index >= 15 is 0 Å². The van der Waals surface area contributed by atoms with Crippen LogP contribution in [0.4, 0.5) is 5.69 Å². The van der Waals surface area contributed by atoms with Crippen LogP contribution in [0.2, 0.25) is 0 Å². The van der Waals surface area contributed by atoms with Crippen molar-refractivity contribution in [2.45, 2.75) is 20.3 Å². The topological polar surface area (TPSA) is 58.6 Å². The summed E-state index contributed by atoms with van der Waals surface area (Å²) in [5.74, 6) is 0.381. The Balaban J connectivity index is 1.80. The molecule has 0 aliphatic rings. The number of rotatable bonds is 8. The van der Waals surface area contributed by atoms with Gasteiger partial charge in [0, 0.05) is 25.7 Å². The highest BCUT2D eigenvalue weighted by Crippen LogP contribution is 2.15. The molecule has 0 bridgehead atoms. The van der Waals surface area contributed by atoms with Gasteiger partial charge in [0.05, 0.1) is 0 Å². The van der Waals surface area contributed by atoms with Crippen LogP contribution in [0.3, 0.4) is 0 Å². The zero-order chi connectivity index (χ0) is 18.1. The summed E-state index contributed by atoms with van der Waals surface area (Å²) in [7, 11) is 0. The lowest BCUT2D eigenvalue weighted by atomic mass is 10.1. The molecule has 0 aliphatic heterocycles. The first-order valence-corrected chi connectivity index (χ1v) is 8.41. The normalized spacial score (nSPS) is 10.2. The highest BCUT2D eigenvalue weighted by atomic mass is 16.5. The summed E-state index contributed by atoms with van der Waals surface area (Å²) in [5.41, 5.74) is 2.05. The number of amides is 2. The fourth-order valence-corrected chi connectivity index (χ4v) is 2.40. The Labute approximate surface area is 148 Å². The molecule has 2 rings (SSSR count). The summed E-state index contributed by atoms with van der Waals surface area (Å²) in [6, 6.07) is 17.1. The maximum absolute atomic E-state index is 11.9. The molecule has 1 N–H and O–H groups in total. The number of para-hydroxylation sites is 1. The van der Waals surface area contributed by atoms with Crippen molar-refractivity contribution in [2.24, 2.45) is 0 Å². The number of carbonyl (C=O) groups is 2. The molecule has 0 radical (unpaired) electrons. The first-order valence-electron chi connectivity index (χ1n) is 8.41. The van der Waals surface area contributed by atoms with E-state index in [1.165, 1.54) is 12.5 Å². The molecule has 25 heavy (non-hydrogen) atoms. The molecule has 0 aliphatic carbocycles. The van der Waals surface area contributed by atoms with Crippen molar-refractivity contribution >= 4 is 17.5 Å². The predicted molar refractivity (Wildman–Crippen MR) is 98.8 cm³/mol. The molecule has 0 unspecified atom stereocenters. The number of nitrogens with zero attached hydrogens (tertiary/aromatic N) is 1. The van der Waals surface area contributed by atoms with Gasteiger partial charge < -0.3 is 15.0 Å². The van der Waals surface area contributed by atoms with Gasteiger partial charge in [-0.15, -0.1) is 0 Å². The van der Waals surface area contributed by atoms with Crippen LogP contribution in [0.1, 0.15) is 19.4 Å². The van der Waals surface area contributed by atoms with E-state index < -0.39 is 0 Å². The predicted octanol–water partition coefficient (Wildman–Crippen LogP) is 2.80. The zero-order valence-electron chi connectivity index (χ0n) is 14.7. The molecule has 2 aromatic rings. The fraction of sp³-hybridized carbons (Fsp3) is 0.300. The van der Waals surface area contributed by atoms with Crippen molar-refractivity contribution in [3.63, 3.8) is 0 Å². The Morgan fingerprint density at radius 3 is 2.32 bits per heavy atom. The van der Waals surface area contributed by atoms with E-state index in [0.29, 0.717) is 18.8 Å². The van der Waals surface area contributed by atoms with E-state index in [9.17, 15) is 9.59 Å². The molecule has 0 atom stereocenters. The molecular formula is C20H24N2O3. The zero-order valence-corrected chi connectivity index (χ0v) is 14.7. The van der Waals surface area contributed by atoms with Crippen LogP contribution in [-0.4, -0.2) is 31.5 Å². The lowest BCUT2D eigenvalue weighted by Gasteiger charge is -2.21. The second kappa shape index (κ2) is 9.47. The van der Waals surface area contributed by atoms with Gasteiger partial charge in [-0.3, -0.25) is 9.59 Å². The summed E-state index contributed by atoms with van der Waals surface area (Å²) in [6.07, 6.45) is 0.956. The summed E-state index contributed by atoms with van der Waals surface area (Å²) >= 11 is 0. The van der Waals surface area contributed by atoms with Crippen LogP contribution in [0.5, 0.6) is 5.75 Å². The number of benzene rings is 2. The molecule has 0 aromatic heterocycles. The number of nitrogens with one attached hydrogen (secondary N) is 1. The summed E-state index contributed by atoms with van der Waals surface area (Å²) in [4.78, 5) is 25.4. The lowest BCUT2D eigenvalue weighted by molar-refractivity contribution is -0.123. The van der Waals surface area contributed by atoms with E-state index in [2.05, 4.69) is 12.2 Å². The summed E-state index contributed by atoms with van der Waals surface area (Å²) < 4.78 is 5.39. The fourth-order valence-electron chi connectivity index (χ4n) is 2.40. The van der Waals surface area contributed by atoms with Crippen molar-refractivity contribution in [1.82, 2.24) is 5.32 Å². The second-order valence-corrected chi connectivity index (χ2v) is 5.64. The minimum atomic E-state index is -0.214. The SMILES string of the molecule is CCc1ccc(N(CCNC(=O)COc2ccccc2)C(C)=O)cc1. The van der Waals surface area contributed by atoms with E-state index in [4.69, 9.17) is 4.74 Å². The number of hydrogen-bond donors (Lipinski definition) is 1. The minimum absolute atomic E-state index is 0.0463. The molecule has 5 heteroatoms. The van der Waals surface area contributed by atoms with E-state index in [1.807, 2.05) is 42.5 Å². The number of anilines is 1. The van der Waals surface area contributed by atoms with Gasteiger partial charge in [0.2, 0.25) is 5.91 Å². The minimum Gasteiger partial charge on any atom is -0.484 e. The maximum atomic E-state index is 11.9. The van der Waals surface area contributed by atoms with Crippen LogP contribution in [0.25, 0.3) is 0 Å². The first kappa shape index (κ1) is 18.5. The molecule has 0 spiro atoms. The van der Waals surface area contributed by atoms with E-state index in [-0.39, 0.29) is 18.4 Å². The molecule has 0 saturated carbocycles. The number of hydrogen-bond acceptors (Lipinski definition) is 3. The highest BCUT2D eigenvalue weighted by Gasteiger charge is 2.12. The monoisotopic (exact) mass is 340 g/mol. The van der Waals surface area contributed by atoms with Crippen LogP contribution in [0.15, 0.2) is 54.6 Å². The molecule has 132 valence electrons. The highest BCUT2D eigenvalue weighted by molar-refractivity contribution is 5.91. The quantitative estimate of drug-likeness (QED) is 0.804. The maximum Gasteiger partial charge on any atom is 0.258 e. The van der Waals surface area contributed by atoms with Crippen molar-refractivity contribution in [2.75, 3.05) is 24.6 Å². The van der Waals surface area contributed by atoms with Crippen molar-refractivity contribution in [1.29, 1.82) is 0 Å². The van der Waals surface area contributed by atoms with E-state index in [1.54, 1.807) is 17.0 Å². The van der Waals surface area contributed by atoms with Crippen LogP contribution >= 0.6 is 0 Å². The molecule has 0 fully saturated rings. The van der Waals surface area contributed by atoms with Gasteiger partial charge in [-0.25, -0.2) is 0 Å². The van der Waals surface area contributed by atoms with Gasteiger partial charge in [0.25, 0.3) is 5.91 Å². The molecule has 0 heterocycles. The van der Waals surface area contributed by atoms with Crippen molar-refractivity contribution < 1.29 is 14.3 Å². The number of aryl methyl sites for hydroxylation is 1. The number of ether oxygens (including phenoxy) is 1. The van der Waals surface area contributed by atoms with Crippen LogP contribution in [0, 0.1) is 0 Å². The molecule has 0 saturated heterocycles. The van der Waals surface area contributed by atoms with E-state index in [0.717, 1.165) is 12.1 Å². The Morgan fingerprint density at radius 1 is 1.04 bits per heavy atom. The van der Waals surface area contributed by atoms with Gasteiger partial charge in [-0.2, -0.15) is 0 Å². The largest absolute Gasteiger partial charge is 0.484 e. The van der Waals surface area contributed by atoms with Crippen LogP contribution in [-0.2, 0) is 16.0 Å². The van der Waals surface area contributed by atoms with Crippen molar-refractivity contribution in [3.8, 4) is 5.75 Å².